The van der Waals surface area contributed by atoms with E-state index in [0.29, 0.717) is 36.6 Å². The van der Waals surface area contributed by atoms with Gasteiger partial charge in [0.15, 0.2) is 0 Å². The maximum atomic E-state index is 13.6. The molecular formula is C15H21FN2O. The van der Waals surface area contributed by atoms with Gasteiger partial charge in [0.1, 0.15) is 5.82 Å². The zero-order chi connectivity index (χ0) is 14.5. The molecule has 0 saturated carbocycles. The summed E-state index contributed by atoms with van der Waals surface area (Å²) >= 11 is 0. The predicted octanol–water partition coefficient (Wildman–Crippen LogP) is 2.58. The monoisotopic (exact) mass is 264 g/mol. The zero-order valence-corrected chi connectivity index (χ0v) is 11.7. The molecule has 104 valence electrons. The summed E-state index contributed by atoms with van der Waals surface area (Å²) < 4.78 is 13.6. The number of rotatable bonds is 6. The van der Waals surface area contributed by atoms with Gasteiger partial charge in [0.2, 0.25) is 0 Å². The second-order valence-corrected chi connectivity index (χ2v) is 5.62. The molecule has 0 radical (unpaired) electrons. The highest BCUT2D eigenvalue weighted by Gasteiger charge is 2.21. The number of nitriles is 1. The van der Waals surface area contributed by atoms with Gasteiger partial charge in [-0.05, 0) is 31.4 Å². The molecule has 0 aliphatic rings. The minimum atomic E-state index is -0.794. The van der Waals surface area contributed by atoms with Crippen molar-refractivity contribution in [2.24, 2.45) is 5.92 Å². The van der Waals surface area contributed by atoms with E-state index >= 15 is 0 Å². The van der Waals surface area contributed by atoms with E-state index < -0.39 is 11.4 Å². The number of nitrogens with zero attached hydrogens (tertiary/aromatic N) is 1. The smallest absolute Gasteiger partial charge is 0.129 e. The minimum absolute atomic E-state index is 0.313. The Morgan fingerprint density at radius 3 is 2.68 bits per heavy atom. The maximum absolute atomic E-state index is 13.6. The highest BCUT2D eigenvalue weighted by molar-refractivity contribution is 5.32. The van der Waals surface area contributed by atoms with Crippen molar-refractivity contribution in [3.8, 4) is 6.07 Å². The number of hydrogen-bond acceptors (Lipinski definition) is 3. The lowest BCUT2D eigenvalue weighted by Gasteiger charge is -2.25. The first-order valence-electron chi connectivity index (χ1n) is 6.45. The molecule has 0 amide bonds. The SMILES string of the molecule is CC(C)CC(C)(O)CNCc1ccc(C#N)cc1F. The van der Waals surface area contributed by atoms with Crippen molar-refractivity contribution >= 4 is 0 Å². The lowest BCUT2D eigenvalue weighted by Crippen LogP contribution is -2.38. The molecule has 1 rings (SSSR count). The Labute approximate surface area is 114 Å². The van der Waals surface area contributed by atoms with Gasteiger partial charge in [0.05, 0.1) is 17.2 Å². The number of benzene rings is 1. The fourth-order valence-electron chi connectivity index (χ4n) is 2.18. The second-order valence-electron chi connectivity index (χ2n) is 5.62. The Bertz CT molecular complexity index is 464. The Balaban J connectivity index is 2.52. The molecule has 19 heavy (non-hydrogen) atoms. The molecule has 1 aromatic rings. The Morgan fingerprint density at radius 2 is 2.16 bits per heavy atom. The Hall–Kier alpha value is -1.44. The maximum Gasteiger partial charge on any atom is 0.129 e. The fourth-order valence-corrected chi connectivity index (χ4v) is 2.18. The number of hydrogen-bond donors (Lipinski definition) is 2. The summed E-state index contributed by atoms with van der Waals surface area (Å²) in [4.78, 5) is 0. The van der Waals surface area contributed by atoms with E-state index in [9.17, 15) is 9.50 Å². The molecule has 1 aromatic carbocycles. The first-order valence-corrected chi connectivity index (χ1v) is 6.45. The molecule has 0 fully saturated rings. The van der Waals surface area contributed by atoms with Crippen LogP contribution >= 0.6 is 0 Å². The van der Waals surface area contributed by atoms with Crippen LogP contribution in [0.4, 0.5) is 4.39 Å². The average Bonchev–Trinajstić information content (AvgIpc) is 2.29. The van der Waals surface area contributed by atoms with Gasteiger partial charge in [-0.15, -0.1) is 0 Å². The predicted molar refractivity (Wildman–Crippen MR) is 72.9 cm³/mol. The van der Waals surface area contributed by atoms with Gasteiger partial charge in [-0.1, -0.05) is 19.9 Å². The van der Waals surface area contributed by atoms with E-state index in [1.807, 2.05) is 6.07 Å². The van der Waals surface area contributed by atoms with Crippen molar-refractivity contribution < 1.29 is 9.50 Å². The van der Waals surface area contributed by atoms with E-state index in [4.69, 9.17) is 5.26 Å². The molecule has 1 atom stereocenters. The lowest BCUT2D eigenvalue weighted by molar-refractivity contribution is 0.0382. The number of halogens is 1. The van der Waals surface area contributed by atoms with Crippen LogP contribution in [-0.2, 0) is 6.54 Å². The molecule has 0 saturated heterocycles. The first-order chi connectivity index (χ1) is 8.84. The molecule has 0 aliphatic heterocycles. The molecule has 0 aromatic heterocycles. The van der Waals surface area contributed by atoms with E-state index in [-0.39, 0.29) is 0 Å². The lowest BCUT2D eigenvalue weighted by atomic mass is 9.94. The summed E-state index contributed by atoms with van der Waals surface area (Å²) in [5, 5.41) is 21.8. The van der Waals surface area contributed by atoms with Crippen molar-refractivity contribution in [3.63, 3.8) is 0 Å². The van der Waals surface area contributed by atoms with Gasteiger partial charge in [-0.3, -0.25) is 0 Å². The van der Waals surface area contributed by atoms with Crippen LogP contribution in [0.1, 0.15) is 38.3 Å². The minimum Gasteiger partial charge on any atom is -0.389 e. The van der Waals surface area contributed by atoms with Crippen LogP contribution in [0.5, 0.6) is 0 Å². The zero-order valence-electron chi connectivity index (χ0n) is 11.7. The van der Waals surface area contributed by atoms with Crippen LogP contribution in [0.3, 0.4) is 0 Å². The van der Waals surface area contributed by atoms with Gasteiger partial charge in [-0.2, -0.15) is 5.26 Å². The van der Waals surface area contributed by atoms with Gasteiger partial charge < -0.3 is 10.4 Å². The largest absolute Gasteiger partial charge is 0.389 e. The summed E-state index contributed by atoms with van der Waals surface area (Å²) in [5.74, 6) is 0.0125. The van der Waals surface area contributed by atoms with Crippen LogP contribution in [0.25, 0.3) is 0 Å². The van der Waals surface area contributed by atoms with Gasteiger partial charge in [0, 0.05) is 18.7 Å². The molecule has 0 spiro atoms. The fraction of sp³-hybridized carbons (Fsp3) is 0.533. The molecule has 4 heteroatoms. The molecular weight excluding hydrogens is 243 g/mol. The van der Waals surface area contributed by atoms with Gasteiger partial charge in [0.25, 0.3) is 0 Å². The highest BCUT2D eigenvalue weighted by Crippen LogP contribution is 2.16. The molecule has 3 nitrogen and oxygen atoms in total. The summed E-state index contributed by atoms with van der Waals surface area (Å²) in [6.45, 7) is 6.62. The van der Waals surface area contributed by atoms with Gasteiger partial charge >= 0.3 is 0 Å². The molecule has 1 unspecified atom stereocenters. The molecule has 2 N–H and O–H groups in total. The standard InChI is InChI=1S/C15H21FN2O/c1-11(2)7-15(3,19)10-18-9-13-5-4-12(8-17)6-14(13)16/h4-6,11,18-19H,7,9-10H2,1-3H3. The van der Waals surface area contributed by atoms with E-state index in [1.54, 1.807) is 19.1 Å². The van der Waals surface area contributed by atoms with Crippen molar-refractivity contribution in [2.75, 3.05) is 6.54 Å². The summed E-state index contributed by atoms with van der Waals surface area (Å²) in [6, 6.07) is 6.31. The average molecular weight is 264 g/mol. The quantitative estimate of drug-likeness (QED) is 0.830. The Kier molecular flexibility index (Phi) is 5.46. The van der Waals surface area contributed by atoms with Crippen LogP contribution in [0.15, 0.2) is 18.2 Å². The summed E-state index contributed by atoms with van der Waals surface area (Å²) in [7, 11) is 0. The van der Waals surface area contributed by atoms with Crippen LogP contribution in [0.2, 0.25) is 0 Å². The van der Waals surface area contributed by atoms with Crippen LogP contribution < -0.4 is 5.32 Å². The van der Waals surface area contributed by atoms with Crippen LogP contribution in [0, 0.1) is 23.1 Å². The van der Waals surface area contributed by atoms with Crippen LogP contribution in [-0.4, -0.2) is 17.3 Å². The van der Waals surface area contributed by atoms with E-state index in [0.717, 1.165) is 0 Å². The van der Waals surface area contributed by atoms with E-state index in [1.165, 1.54) is 6.07 Å². The summed E-state index contributed by atoms with van der Waals surface area (Å²) in [5.41, 5.74) is 0.0180. The highest BCUT2D eigenvalue weighted by atomic mass is 19.1. The second kappa shape index (κ2) is 6.65. The third-order valence-corrected chi connectivity index (χ3v) is 2.85. The van der Waals surface area contributed by atoms with Crippen molar-refractivity contribution in [1.29, 1.82) is 5.26 Å². The third kappa shape index (κ3) is 5.37. The topological polar surface area (TPSA) is 56.0 Å². The van der Waals surface area contributed by atoms with Crippen molar-refractivity contribution in [2.45, 2.75) is 39.3 Å². The molecule has 0 heterocycles. The molecule has 0 aliphatic carbocycles. The first kappa shape index (κ1) is 15.6. The normalized spacial score (nSPS) is 14.2. The van der Waals surface area contributed by atoms with E-state index in [2.05, 4.69) is 19.2 Å². The Morgan fingerprint density at radius 1 is 1.47 bits per heavy atom. The third-order valence-electron chi connectivity index (χ3n) is 2.85. The number of nitrogens with one attached hydrogen (secondary N) is 1. The number of aliphatic hydroxyl groups is 1. The summed E-state index contributed by atoms with van der Waals surface area (Å²) in [6.07, 6.45) is 0.690. The van der Waals surface area contributed by atoms with Gasteiger partial charge in [-0.25, -0.2) is 4.39 Å². The van der Waals surface area contributed by atoms with Crippen molar-refractivity contribution in [3.05, 3.63) is 35.1 Å². The van der Waals surface area contributed by atoms with Crippen molar-refractivity contribution in [1.82, 2.24) is 5.32 Å². The molecule has 0 bridgehead atoms.